The molecule has 0 aromatic heterocycles. The molecule has 0 fully saturated rings. The fraction of sp³-hybridized carbons (Fsp3) is 0.250. The van der Waals surface area contributed by atoms with Gasteiger partial charge in [0.1, 0.15) is 11.3 Å². The number of ether oxygens (including phenoxy) is 1. The van der Waals surface area contributed by atoms with Crippen LogP contribution in [0.3, 0.4) is 0 Å². The molecule has 1 aliphatic heterocycles. The molecule has 0 saturated carbocycles. The van der Waals surface area contributed by atoms with Crippen molar-refractivity contribution >= 4 is 35.0 Å². The van der Waals surface area contributed by atoms with Crippen LogP contribution in [-0.4, -0.2) is 23.3 Å². The molecule has 2 aromatic carbocycles. The van der Waals surface area contributed by atoms with Gasteiger partial charge in [-0.3, -0.25) is 4.79 Å². The minimum atomic E-state index is -0.798. The summed E-state index contributed by atoms with van der Waals surface area (Å²) in [7, 11) is 0. The Kier molecular flexibility index (Phi) is 4.83. The van der Waals surface area contributed by atoms with E-state index < -0.39 is 11.7 Å². The lowest BCUT2D eigenvalue weighted by Crippen LogP contribution is -2.30. The Morgan fingerprint density at radius 2 is 1.85 bits per heavy atom. The predicted octanol–water partition coefficient (Wildman–Crippen LogP) is 4.61. The van der Waals surface area contributed by atoms with Crippen LogP contribution in [0.5, 0.6) is 0 Å². The summed E-state index contributed by atoms with van der Waals surface area (Å²) in [5, 5.41) is 0.468. The molecule has 0 bridgehead atoms. The normalized spacial score (nSPS) is 15.3. The monoisotopic (exact) mass is 370 g/mol. The van der Waals surface area contributed by atoms with E-state index in [4.69, 9.17) is 16.3 Å². The maximum atomic E-state index is 12.9. The van der Waals surface area contributed by atoms with Gasteiger partial charge >= 0.3 is 6.09 Å². The average molecular weight is 371 g/mol. The zero-order valence-corrected chi connectivity index (χ0v) is 15.6. The van der Waals surface area contributed by atoms with Crippen LogP contribution in [0.25, 0.3) is 0 Å². The van der Waals surface area contributed by atoms with Gasteiger partial charge in [0.25, 0.3) is 5.91 Å². The van der Waals surface area contributed by atoms with Gasteiger partial charge in [0.05, 0.1) is 12.2 Å². The number of nitrogens with zero attached hydrogens (tertiary/aromatic N) is 2. The fourth-order valence-corrected chi connectivity index (χ4v) is 2.86. The van der Waals surface area contributed by atoms with Crippen molar-refractivity contribution in [1.82, 2.24) is 0 Å². The van der Waals surface area contributed by atoms with Crippen molar-refractivity contribution in [2.24, 2.45) is 4.99 Å². The number of aliphatic imine (C=N–C) groups is 1. The minimum Gasteiger partial charge on any atom is -0.442 e. The Hall–Kier alpha value is -2.66. The highest BCUT2D eigenvalue weighted by molar-refractivity contribution is 6.55. The minimum absolute atomic E-state index is 0.0488. The van der Waals surface area contributed by atoms with Gasteiger partial charge < -0.3 is 9.64 Å². The summed E-state index contributed by atoms with van der Waals surface area (Å²) in [6, 6.07) is 14.7. The molecule has 6 heteroatoms. The van der Waals surface area contributed by atoms with Crippen molar-refractivity contribution < 1.29 is 14.3 Å². The Bertz CT molecular complexity index is 886. The van der Waals surface area contributed by atoms with Gasteiger partial charge in [-0.15, -0.1) is 0 Å². The van der Waals surface area contributed by atoms with Crippen LogP contribution in [0, 0.1) is 0 Å². The van der Waals surface area contributed by atoms with E-state index in [-0.39, 0.29) is 11.6 Å². The summed E-state index contributed by atoms with van der Waals surface area (Å²) >= 11 is 6.09. The maximum absolute atomic E-state index is 12.9. The van der Waals surface area contributed by atoms with Gasteiger partial charge in [-0.2, -0.15) is 4.99 Å². The molecule has 0 spiro atoms. The van der Waals surface area contributed by atoms with Gasteiger partial charge in [0, 0.05) is 10.6 Å². The molecular formula is C20H19ClN2O3. The van der Waals surface area contributed by atoms with Crippen molar-refractivity contribution in [3.8, 4) is 0 Å². The van der Waals surface area contributed by atoms with Crippen LogP contribution in [-0.2, 0) is 16.1 Å². The second kappa shape index (κ2) is 6.92. The van der Waals surface area contributed by atoms with Gasteiger partial charge in [-0.05, 0) is 44.5 Å². The molecule has 1 heterocycles. The first-order valence-corrected chi connectivity index (χ1v) is 8.60. The molecule has 1 aliphatic rings. The summed E-state index contributed by atoms with van der Waals surface area (Å²) in [5.74, 6) is -0.350. The largest absolute Gasteiger partial charge is 0.442 e. The van der Waals surface area contributed by atoms with Gasteiger partial charge in [-0.1, -0.05) is 41.9 Å². The first-order chi connectivity index (χ1) is 12.2. The van der Waals surface area contributed by atoms with E-state index in [0.29, 0.717) is 22.8 Å². The van der Waals surface area contributed by atoms with Gasteiger partial charge in [0.15, 0.2) is 0 Å². The molecule has 0 atom stereocenters. The first-order valence-electron chi connectivity index (χ1n) is 8.22. The molecule has 0 saturated heterocycles. The van der Waals surface area contributed by atoms with Gasteiger partial charge in [0.2, 0.25) is 0 Å². The zero-order valence-electron chi connectivity index (χ0n) is 14.8. The number of carbonyl (C=O) groups excluding carboxylic acids is 2. The van der Waals surface area contributed by atoms with Crippen LogP contribution in [0.4, 0.5) is 10.5 Å². The van der Waals surface area contributed by atoms with Crippen LogP contribution in [0.1, 0.15) is 31.9 Å². The lowest BCUT2D eigenvalue weighted by Gasteiger charge is -2.17. The number of hydrogen-bond acceptors (Lipinski definition) is 3. The molecule has 2 amide bonds. The lowest BCUT2D eigenvalue weighted by molar-refractivity contribution is -0.112. The third-order valence-electron chi connectivity index (χ3n) is 3.73. The Morgan fingerprint density at radius 3 is 2.50 bits per heavy atom. The van der Waals surface area contributed by atoms with Crippen LogP contribution in [0.15, 0.2) is 53.5 Å². The second-order valence-electron chi connectivity index (χ2n) is 6.98. The molecule has 0 unspecified atom stereocenters. The molecule has 0 aliphatic carbocycles. The van der Waals surface area contributed by atoms with Gasteiger partial charge in [-0.25, -0.2) is 4.79 Å². The van der Waals surface area contributed by atoms with E-state index >= 15 is 0 Å². The topological polar surface area (TPSA) is 59.0 Å². The maximum Gasteiger partial charge on any atom is 0.434 e. The number of rotatable bonds is 2. The van der Waals surface area contributed by atoms with E-state index in [1.54, 1.807) is 43.9 Å². The highest BCUT2D eigenvalue weighted by atomic mass is 35.5. The third kappa shape index (κ3) is 3.94. The molecule has 3 rings (SSSR count). The molecule has 5 nitrogen and oxygen atoms in total. The van der Waals surface area contributed by atoms with E-state index in [2.05, 4.69) is 4.99 Å². The predicted molar refractivity (Wildman–Crippen MR) is 102 cm³/mol. The van der Waals surface area contributed by atoms with Crippen LogP contribution in [0.2, 0.25) is 5.02 Å². The summed E-state index contributed by atoms with van der Waals surface area (Å²) in [4.78, 5) is 30.5. The molecule has 26 heavy (non-hydrogen) atoms. The van der Waals surface area contributed by atoms with Crippen molar-refractivity contribution in [1.29, 1.82) is 0 Å². The number of halogens is 1. The number of anilines is 1. The summed E-state index contributed by atoms with van der Waals surface area (Å²) in [6.45, 7) is 5.61. The van der Waals surface area contributed by atoms with E-state index in [1.165, 1.54) is 0 Å². The number of fused-ring (bicyclic) bond motifs is 1. The Labute approximate surface area is 157 Å². The van der Waals surface area contributed by atoms with Crippen molar-refractivity contribution in [2.45, 2.75) is 32.9 Å². The summed E-state index contributed by atoms with van der Waals surface area (Å²) in [5.41, 5.74) is 1.53. The lowest BCUT2D eigenvalue weighted by atomic mass is 10.1. The number of amides is 2. The van der Waals surface area contributed by atoms with E-state index in [9.17, 15) is 9.59 Å². The Morgan fingerprint density at radius 1 is 1.15 bits per heavy atom. The standard InChI is InChI=1S/C20H19ClN2O3/c1-20(2,3)26-19(25)22-17-15-11-14(21)9-10-16(15)23(18(17)24)12-13-7-5-4-6-8-13/h4-11H,12H2,1-3H3/b22-17+. The zero-order chi connectivity index (χ0) is 18.9. The molecule has 2 aromatic rings. The highest BCUT2D eigenvalue weighted by Crippen LogP contribution is 2.33. The SMILES string of the molecule is CC(C)(C)OC(=O)/N=C1/C(=O)N(Cc2ccccc2)c2ccc(Cl)cc21. The van der Waals surface area contributed by atoms with Crippen molar-refractivity contribution in [3.63, 3.8) is 0 Å². The highest BCUT2D eigenvalue weighted by Gasteiger charge is 2.35. The Balaban J connectivity index is 1.98. The second-order valence-corrected chi connectivity index (χ2v) is 7.42. The summed E-state index contributed by atoms with van der Waals surface area (Å²) < 4.78 is 5.22. The van der Waals surface area contributed by atoms with Crippen LogP contribution >= 0.6 is 11.6 Å². The number of benzene rings is 2. The van der Waals surface area contributed by atoms with E-state index in [1.807, 2.05) is 30.3 Å². The molecular weight excluding hydrogens is 352 g/mol. The average Bonchev–Trinajstić information content (AvgIpc) is 2.79. The molecule has 0 N–H and O–H groups in total. The summed E-state index contributed by atoms with van der Waals surface area (Å²) in [6.07, 6.45) is -0.798. The van der Waals surface area contributed by atoms with E-state index in [0.717, 1.165) is 5.56 Å². The first kappa shape index (κ1) is 18.1. The third-order valence-corrected chi connectivity index (χ3v) is 3.97. The number of hydrogen-bond donors (Lipinski definition) is 0. The number of carbonyl (C=O) groups is 2. The fourth-order valence-electron chi connectivity index (χ4n) is 2.69. The smallest absolute Gasteiger partial charge is 0.434 e. The quantitative estimate of drug-likeness (QED) is 0.775. The van der Waals surface area contributed by atoms with Crippen LogP contribution < -0.4 is 4.90 Å². The molecule has 0 radical (unpaired) electrons. The molecule has 134 valence electrons. The van der Waals surface area contributed by atoms with Crippen molar-refractivity contribution in [3.05, 3.63) is 64.7 Å². The van der Waals surface area contributed by atoms with Crippen molar-refractivity contribution in [2.75, 3.05) is 4.90 Å².